The van der Waals surface area contributed by atoms with Crippen molar-refractivity contribution >= 4 is 11.0 Å². The summed E-state index contributed by atoms with van der Waals surface area (Å²) in [6.45, 7) is 2.96. The van der Waals surface area contributed by atoms with Gasteiger partial charge in [0.25, 0.3) is 0 Å². The average molecular weight is 255 g/mol. The molecule has 2 aromatic heterocycles. The molecule has 0 spiro atoms. The highest BCUT2D eigenvalue weighted by Gasteiger charge is 2.18. The smallest absolute Gasteiger partial charge is 0.131 e. The molecule has 98 valence electrons. The lowest BCUT2D eigenvalue weighted by Gasteiger charge is -2.11. The van der Waals surface area contributed by atoms with Gasteiger partial charge in [0.15, 0.2) is 0 Å². The average Bonchev–Trinajstić information content (AvgIpc) is 3.01. The second kappa shape index (κ2) is 4.51. The Morgan fingerprint density at radius 2 is 2.11 bits per heavy atom. The fourth-order valence-electron chi connectivity index (χ4n) is 2.41. The van der Waals surface area contributed by atoms with Crippen LogP contribution in [0, 0.1) is 0 Å². The van der Waals surface area contributed by atoms with Gasteiger partial charge < -0.3 is 10.3 Å². The molecular formula is C14H17N5. The minimum atomic E-state index is -0.249. The normalized spacial score (nSPS) is 13.0. The summed E-state index contributed by atoms with van der Waals surface area (Å²) in [4.78, 5) is 4.67. The zero-order valence-electron chi connectivity index (χ0n) is 11.1. The molecule has 0 aliphatic rings. The van der Waals surface area contributed by atoms with Crippen LogP contribution < -0.4 is 5.73 Å². The molecule has 0 fully saturated rings. The summed E-state index contributed by atoms with van der Waals surface area (Å²) in [6.07, 6.45) is 3.73. The highest BCUT2D eigenvalue weighted by Crippen LogP contribution is 2.23. The molecule has 5 heteroatoms. The number of rotatable bonds is 3. The number of benzene rings is 1. The van der Waals surface area contributed by atoms with Crippen LogP contribution in [0.1, 0.15) is 24.4 Å². The quantitative estimate of drug-likeness (QED) is 0.776. The van der Waals surface area contributed by atoms with Crippen molar-refractivity contribution < 1.29 is 0 Å². The fraction of sp³-hybridized carbons (Fsp3) is 0.286. The van der Waals surface area contributed by atoms with E-state index in [4.69, 9.17) is 5.73 Å². The molecule has 3 aromatic rings. The summed E-state index contributed by atoms with van der Waals surface area (Å²) in [5.41, 5.74) is 9.42. The maximum Gasteiger partial charge on any atom is 0.131 e. The number of imidazole rings is 1. The Morgan fingerprint density at radius 1 is 1.32 bits per heavy atom. The van der Waals surface area contributed by atoms with E-state index in [0.29, 0.717) is 0 Å². The first-order chi connectivity index (χ1) is 9.20. The van der Waals surface area contributed by atoms with Crippen LogP contribution in [0.5, 0.6) is 0 Å². The third-order valence-corrected chi connectivity index (χ3v) is 3.36. The first kappa shape index (κ1) is 11.9. The molecular weight excluding hydrogens is 238 g/mol. The van der Waals surface area contributed by atoms with Crippen molar-refractivity contribution in [2.75, 3.05) is 0 Å². The van der Waals surface area contributed by atoms with E-state index in [-0.39, 0.29) is 6.04 Å². The molecule has 1 unspecified atom stereocenters. The summed E-state index contributed by atoms with van der Waals surface area (Å²) in [5, 5.41) is 4.17. The summed E-state index contributed by atoms with van der Waals surface area (Å²) >= 11 is 0. The molecule has 3 rings (SSSR count). The lowest BCUT2D eigenvalue weighted by molar-refractivity contribution is 0.670. The summed E-state index contributed by atoms with van der Waals surface area (Å²) in [7, 11) is 1.89. The summed E-state index contributed by atoms with van der Waals surface area (Å²) < 4.78 is 3.92. The number of nitrogens with two attached hydrogens (primary N) is 1. The predicted octanol–water partition coefficient (Wildman–Crippen LogP) is 1.84. The molecule has 2 N–H and O–H groups in total. The van der Waals surface area contributed by atoms with Gasteiger partial charge in [-0.3, -0.25) is 4.68 Å². The van der Waals surface area contributed by atoms with Gasteiger partial charge >= 0.3 is 0 Å². The van der Waals surface area contributed by atoms with Crippen LogP contribution in [0.25, 0.3) is 11.0 Å². The number of hydrogen-bond acceptors (Lipinski definition) is 3. The van der Waals surface area contributed by atoms with E-state index in [1.165, 1.54) is 0 Å². The monoisotopic (exact) mass is 255 g/mol. The molecule has 0 bridgehead atoms. The van der Waals surface area contributed by atoms with Gasteiger partial charge in [-0.25, -0.2) is 4.98 Å². The van der Waals surface area contributed by atoms with Crippen molar-refractivity contribution in [3.05, 3.63) is 48.0 Å². The molecule has 19 heavy (non-hydrogen) atoms. The summed E-state index contributed by atoms with van der Waals surface area (Å²) in [6, 6.07) is 7.86. The Bertz CT molecular complexity index is 710. The van der Waals surface area contributed by atoms with Gasteiger partial charge in [-0.15, -0.1) is 0 Å². The minimum Gasteiger partial charge on any atom is -0.327 e. The molecule has 0 amide bonds. The van der Waals surface area contributed by atoms with Crippen LogP contribution in [0.2, 0.25) is 0 Å². The molecule has 5 nitrogen and oxygen atoms in total. The third kappa shape index (κ3) is 1.92. The van der Waals surface area contributed by atoms with Crippen molar-refractivity contribution in [3.63, 3.8) is 0 Å². The first-order valence-electron chi connectivity index (χ1n) is 6.40. The summed E-state index contributed by atoms with van der Waals surface area (Å²) in [5.74, 6) is 0.886. The maximum absolute atomic E-state index is 6.33. The lowest BCUT2D eigenvalue weighted by atomic mass is 10.1. The highest BCUT2D eigenvalue weighted by molar-refractivity contribution is 5.76. The topological polar surface area (TPSA) is 61.7 Å². The van der Waals surface area contributed by atoms with Crippen molar-refractivity contribution in [1.82, 2.24) is 19.3 Å². The number of aromatic nitrogens is 4. The van der Waals surface area contributed by atoms with Crippen molar-refractivity contribution in [2.24, 2.45) is 12.8 Å². The van der Waals surface area contributed by atoms with E-state index < -0.39 is 0 Å². The maximum atomic E-state index is 6.33. The van der Waals surface area contributed by atoms with Gasteiger partial charge in [-0.1, -0.05) is 12.1 Å². The zero-order valence-corrected chi connectivity index (χ0v) is 11.1. The van der Waals surface area contributed by atoms with E-state index >= 15 is 0 Å². The Morgan fingerprint density at radius 3 is 2.79 bits per heavy atom. The van der Waals surface area contributed by atoms with Gasteiger partial charge in [0.2, 0.25) is 0 Å². The van der Waals surface area contributed by atoms with E-state index in [1.807, 2.05) is 31.4 Å². The van der Waals surface area contributed by atoms with E-state index in [2.05, 4.69) is 27.6 Å². The van der Waals surface area contributed by atoms with Crippen LogP contribution >= 0.6 is 0 Å². The fourth-order valence-corrected chi connectivity index (χ4v) is 2.41. The molecule has 0 saturated carbocycles. The number of fused-ring (bicyclic) bond motifs is 1. The Labute approximate surface area is 111 Å². The Kier molecular flexibility index (Phi) is 2.83. The van der Waals surface area contributed by atoms with Gasteiger partial charge in [0.05, 0.1) is 23.3 Å². The van der Waals surface area contributed by atoms with E-state index in [0.717, 1.165) is 29.0 Å². The predicted molar refractivity (Wildman–Crippen MR) is 74.6 cm³/mol. The van der Waals surface area contributed by atoms with Crippen LogP contribution in [0.15, 0.2) is 36.7 Å². The van der Waals surface area contributed by atoms with Gasteiger partial charge in [-0.05, 0) is 19.1 Å². The number of para-hydroxylation sites is 2. The van der Waals surface area contributed by atoms with E-state index in [9.17, 15) is 0 Å². The second-order valence-corrected chi connectivity index (χ2v) is 4.63. The zero-order chi connectivity index (χ0) is 13.4. The minimum absolute atomic E-state index is 0.249. The van der Waals surface area contributed by atoms with Crippen molar-refractivity contribution in [1.29, 1.82) is 0 Å². The van der Waals surface area contributed by atoms with Gasteiger partial charge in [0.1, 0.15) is 5.82 Å². The molecule has 1 aromatic carbocycles. The molecule has 1 atom stereocenters. The first-order valence-corrected chi connectivity index (χ1v) is 6.40. The van der Waals surface area contributed by atoms with Crippen LogP contribution in [0.4, 0.5) is 0 Å². The lowest BCUT2D eigenvalue weighted by Crippen LogP contribution is -2.17. The third-order valence-electron chi connectivity index (χ3n) is 3.36. The van der Waals surface area contributed by atoms with E-state index in [1.54, 1.807) is 10.9 Å². The largest absolute Gasteiger partial charge is 0.327 e. The van der Waals surface area contributed by atoms with Gasteiger partial charge in [-0.2, -0.15) is 5.10 Å². The van der Waals surface area contributed by atoms with Crippen LogP contribution in [0.3, 0.4) is 0 Å². The molecule has 0 saturated heterocycles. The van der Waals surface area contributed by atoms with Gasteiger partial charge in [0, 0.05) is 25.4 Å². The molecule has 0 aliphatic carbocycles. The number of hydrogen-bond donors (Lipinski definition) is 1. The molecule has 0 radical (unpaired) electrons. The van der Waals surface area contributed by atoms with Crippen molar-refractivity contribution in [3.8, 4) is 0 Å². The second-order valence-electron chi connectivity index (χ2n) is 4.63. The van der Waals surface area contributed by atoms with Crippen molar-refractivity contribution in [2.45, 2.75) is 19.5 Å². The Balaban J connectivity index is 2.14. The molecule has 2 heterocycles. The SMILES string of the molecule is CCn1c(C(N)c2cnn(C)c2)nc2ccccc21. The highest BCUT2D eigenvalue weighted by atomic mass is 15.2. The number of aryl methyl sites for hydroxylation is 2. The Hall–Kier alpha value is -2.14. The van der Waals surface area contributed by atoms with Crippen LogP contribution in [-0.2, 0) is 13.6 Å². The molecule has 0 aliphatic heterocycles. The number of nitrogens with zero attached hydrogens (tertiary/aromatic N) is 4. The standard InChI is InChI=1S/C14H17N5/c1-3-19-12-7-5-4-6-11(12)17-14(19)13(15)10-8-16-18(2)9-10/h4-9,13H,3,15H2,1-2H3. The van der Waals surface area contributed by atoms with Crippen LogP contribution in [-0.4, -0.2) is 19.3 Å².